The van der Waals surface area contributed by atoms with Crippen LogP contribution >= 0.6 is 0 Å². The van der Waals surface area contributed by atoms with Gasteiger partial charge in [-0.2, -0.15) is 0 Å². The van der Waals surface area contributed by atoms with Crippen molar-refractivity contribution in [2.24, 2.45) is 11.8 Å². The normalized spacial score (nSPS) is 35.7. The fourth-order valence-electron chi connectivity index (χ4n) is 2.46. The van der Waals surface area contributed by atoms with Gasteiger partial charge < -0.3 is 5.32 Å². The summed E-state index contributed by atoms with van der Waals surface area (Å²) in [5, 5.41) is 3.44. The Kier molecular flexibility index (Phi) is 2.83. The molecule has 0 saturated carbocycles. The second-order valence-electron chi connectivity index (χ2n) is 4.25. The third-order valence-electron chi connectivity index (χ3n) is 3.21. The Hall–Kier alpha value is -0.300. The molecule has 0 radical (unpaired) electrons. The molecule has 1 heterocycles. The van der Waals surface area contributed by atoms with Crippen molar-refractivity contribution in [2.45, 2.75) is 32.1 Å². The Labute approximate surface area is 75.2 Å². The van der Waals surface area contributed by atoms with Gasteiger partial charge in [0.05, 0.1) is 0 Å². The third-order valence-corrected chi connectivity index (χ3v) is 3.21. The van der Waals surface area contributed by atoms with Gasteiger partial charge in [0.15, 0.2) is 0 Å². The van der Waals surface area contributed by atoms with Crippen LogP contribution in [-0.2, 0) is 0 Å². The Balaban J connectivity index is 1.74. The second kappa shape index (κ2) is 4.08. The molecule has 1 aliphatic carbocycles. The predicted molar refractivity (Wildman–Crippen MR) is 52.1 cm³/mol. The van der Waals surface area contributed by atoms with Crippen molar-refractivity contribution in [3.63, 3.8) is 0 Å². The molecule has 68 valence electrons. The first-order valence-electron chi connectivity index (χ1n) is 5.31. The lowest BCUT2D eigenvalue weighted by molar-refractivity contribution is 0.365. The molecule has 1 heteroatoms. The van der Waals surface area contributed by atoms with E-state index in [1.54, 1.807) is 0 Å². The summed E-state index contributed by atoms with van der Waals surface area (Å²) < 4.78 is 0. The lowest BCUT2D eigenvalue weighted by atomic mass is 9.85. The summed E-state index contributed by atoms with van der Waals surface area (Å²) in [7, 11) is 0. The minimum absolute atomic E-state index is 0.987. The summed E-state index contributed by atoms with van der Waals surface area (Å²) in [5.74, 6) is 1.99. The predicted octanol–water partition coefficient (Wildman–Crippen LogP) is 2.34. The summed E-state index contributed by atoms with van der Waals surface area (Å²) >= 11 is 0. The van der Waals surface area contributed by atoms with Crippen molar-refractivity contribution >= 4 is 0 Å². The fourth-order valence-corrected chi connectivity index (χ4v) is 2.46. The number of rotatable bonds is 2. The average Bonchev–Trinajstić information content (AvgIpc) is 2.59. The summed E-state index contributed by atoms with van der Waals surface area (Å²) in [6, 6.07) is 0. The van der Waals surface area contributed by atoms with Gasteiger partial charge in [0.1, 0.15) is 0 Å². The first-order chi connectivity index (χ1) is 5.95. The van der Waals surface area contributed by atoms with Crippen LogP contribution in [0.15, 0.2) is 12.2 Å². The lowest BCUT2D eigenvalue weighted by Gasteiger charge is -2.20. The molecule has 1 fully saturated rings. The molecule has 0 spiro atoms. The van der Waals surface area contributed by atoms with E-state index in [-0.39, 0.29) is 0 Å². The maximum atomic E-state index is 3.44. The molecule has 0 aromatic carbocycles. The van der Waals surface area contributed by atoms with Crippen LogP contribution in [0.2, 0.25) is 0 Å². The molecule has 1 N–H and O–H groups in total. The van der Waals surface area contributed by atoms with Gasteiger partial charge in [0.25, 0.3) is 0 Å². The quantitative estimate of drug-likeness (QED) is 0.619. The Morgan fingerprint density at radius 1 is 1.17 bits per heavy atom. The number of hydrogen-bond acceptors (Lipinski definition) is 1. The second-order valence-corrected chi connectivity index (χ2v) is 4.25. The molecule has 1 saturated heterocycles. The molecule has 0 aromatic rings. The molecular weight excluding hydrogens is 146 g/mol. The van der Waals surface area contributed by atoms with Crippen molar-refractivity contribution in [1.29, 1.82) is 0 Å². The average molecular weight is 165 g/mol. The Morgan fingerprint density at radius 3 is 2.83 bits per heavy atom. The van der Waals surface area contributed by atoms with E-state index in [2.05, 4.69) is 17.5 Å². The third kappa shape index (κ3) is 2.10. The van der Waals surface area contributed by atoms with Crippen molar-refractivity contribution < 1.29 is 0 Å². The van der Waals surface area contributed by atoms with E-state index >= 15 is 0 Å². The van der Waals surface area contributed by atoms with E-state index in [9.17, 15) is 0 Å². The van der Waals surface area contributed by atoms with Crippen LogP contribution in [0.25, 0.3) is 0 Å². The van der Waals surface area contributed by atoms with Crippen LogP contribution in [0, 0.1) is 11.8 Å². The summed E-state index contributed by atoms with van der Waals surface area (Å²) in [6.07, 6.45) is 11.7. The van der Waals surface area contributed by atoms with E-state index in [1.165, 1.54) is 45.2 Å². The molecule has 2 atom stereocenters. The van der Waals surface area contributed by atoms with Gasteiger partial charge in [-0.05, 0) is 57.0 Å². The molecule has 12 heavy (non-hydrogen) atoms. The highest BCUT2D eigenvalue weighted by atomic mass is 14.9. The topological polar surface area (TPSA) is 12.0 Å². The molecule has 2 aliphatic rings. The van der Waals surface area contributed by atoms with Gasteiger partial charge in [-0.1, -0.05) is 12.2 Å². The van der Waals surface area contributed by atoms with E-state index in [0.29, 0.717) is 0 Å². The SMILES string of the molecule is C1=CCC(CC2CCNC2)CC1. The van der Waals surface area contributed by atoms with Crippen LogP contribution in [-0.4, -0.2) is 13.1 Å². The largest absolute Gasteiger partial charge is 0.316 e. The first kappa shape index (κ1) is 8.31. The maximum absolute atomic E-state index is 3.44. The van der Waals surface area contributed by atoms with Crippen molar-refractivity contribution in [3.8, 4) is 0 Å². The Morgan fingerprint density at radius 2 is 2.17 bits per heavy atom. The summed E-state index contributed by atoms with van der Waals surface area (Å²) in [5.41, 5.74) is 0. The highest BCUT2D eigenvalue weighted by Crippen LogP contribution is 2.27. The molecule has 0 aromatic heterocycles. The minimum Gasteiger partial charge on any atom is -0.316 e. The molecule has 1 aliphatic heterocycles. The smallest absolute Gasteiger partial charge is 0.00199 e. The van der Waals surface area contributed by atoms with Gasteiger partial charge >= 0.3 is 0 Å². The standard InChI is InChI=1S/C11H19N/c1-2-4-10(5-3-1)8-11-6-7-12-9-11/h1-2,10-12H,3-9H2. The van der Waals surface area contributed by atoms with E-state index in [0.717, 1.165) is 11.8 Å². The molecule has 0 bridgehead atoms. The zero-order valence-corrected chi connectivity index (χ0v) is 7.76. The van der Waals surface area contributed by atoms with Crippen LogP contribution < -0.4 is 5.32 Å². The zero-order valence-electron chi connectivity index (χ0n) is 7.76. The van der Waals surface area contributed by atoms with Crippen molar-refractivity contribution in [3.05, 3.63) is 12.2 Å². The van der Waals surface area contributed by atoms with Crippen molar-refractivity contribution in [1.82, 2.24) is 5.32 Å². The highest BCUT2D eigenvalue weighted by Gasteiger charge is 2.19. The minimum atomic E-state index is 0.987. The van der Waals surface area contributed by atoms with Crippen LogP contribution in [0.3, 0.4) is 0 Å². The maximum Gasteiger partial charge on any atom is -0.00199 e. The number of hydrogen-bond donors (Lipinski definition) is 1. The van der Waals surface area contributed by atoms with E-state index in [1.807, 2.05) is 0 Å². The van der Waals surface area contributed by atoms with Gasteiger partial charge in [0, 0.05) is 0 Å². The zero-order chi connectivity index (χ0) is 8.23. The van der Waals surface area contributed by atoms with Crippen molar-refractivity contribution in [2.75, 3.05) is 13.1 Å². The van der Waals surface area contributed by atoms with E-state index in [4.69, 9.17) is 0 Å². The van der Waals surface area contributed by atoms with Crippen LogP contribution in [0.5, 0.6) is 0 Å². The first-order valence-corrected chi connectivity index (χ1v) is 5.31. The van der Waals surface area contributed by atoms with Crippen LogP contribution in [0.1, 0.15) is 32.1 Å². The van der Waals surface area contributed by atoms with Gasteiger partial charge in [-0.3, -0.25) is 0 Å². The monoisotopic (exact) mass is 165 g/mol. The summed E-state index contributed by atoms with van der Waals surface area (Å²) in [6.45, 7) is 2.54. The Bertz CT molecular complexity index is 156. The number of nitrogens with one attached hydrogen (secondary N) is 1. The highest BCUT2D eigenvalue weighted by molar-refractivity contribution is 4.91. The van der Waals surface area contributed by atoms with Gasteiger partial charge in [-0.15, -0.1) is 0 Å². The van der Waals surface area contributed by atoms with E-state index < -0.39 is 0 Å². The van der Waals surface area contributed by atoms with Gasteiger partial charge in [-0.25, -0.2) is 0 Å². The lowest BCUT2D eigenvalue weighted by Crippen LogP contribution is -2.13. The molecule has 2 unspecified atom stereocenters. The fraction of sp³-hybridized carbons (Fsp3) is 0.818. The molecule has 2 rings (SSSR count). The summed E-state index contributed by atoms with van der Waals surface area (Å²) in [4.78, 5) is 0. The number of allylic oxidation sites excluding steroid dienone is 2. The molecule has 0 amide bonds. The van der Waals surface area contributed by atoms with Crippen LogP contribution in [0.4, 0.5) is 0 Å². The molecule has 1 nitrogen and oxygen atoms in total. The van der Waals surface area contributed by atoms with Gasteiger partial charge in [0.2, 0.25) is 0 Å². The molecular formula is C11H19N.